The Hall–Kier alpha value is -1.29. The van der Waals surface area contributed by atoms with E-state index in [0.717, 1.165) is 18.1 Å². The second kappa shape index (κ2) is 4.06. The van der Waals surface area contributed by atoms with E-state index in [2.05, 4.69) is 16.9 Å². The Bertz CT molecular complexity index is 354. The summed E-state index contributed by atoms with van der Waals surface area (Å²) in [4.78, 5) is 6.44. The summed E-state index contributed by atoms with van der Waals surface area (Å²) < 4.78 is 5.63. The van der Waals surface area contributed by atoms with Crippen molar-refractivity contribution in [2.75, 3.05) is 25.9 Å². The summed E-state index contributed by atoms with van der Waals surface area (Å²) >= 11 is 0. The molecule has 2 rings (SSSR count). The molecule has 0 aliphatic carbocycles. The van der Waals surface area contributed by atoms with E-state index in [1.54, 1.807) is 6.20 Å². The third-order valence-corrected chi connectivity index (χ3v) is 2.98. The Morgan fingerprint density at radius 2 is 2.47 bits per heavy atom. The topological polar surface area (TPSA) is 51.4 Å². The summed E-state index contributed by atoms with van der Waals surface area (Å²) in [6.45, 7) is 3.78. The number of aryl methyl sites for hydroxylation is 1. The monoisotopic (exact) mass is 207 g/mol. The second-order valence-electron chi connectivity index (χ2n) is 4.08. The maximum Gasteiger partial charge on any atom is 0.139 e. The number of aromatic nitrogens is 1. The molecule has 0 amide bonds. The van der Waals surface area contributed by atoms with Gasteiger partial charge in [-0.3, -0.25) is 9.88 Å². The van der Waals surface area contributed by atoms with E-state index in [1.165, 1.54) is 13.0 Å². The maximum absolute atomic E-state index is 5.75. The molecule has 1 aromatic rings. The highest BCUT2D eigenvalue weighted by atomic mass is 16.5. The maximum atomic E-state index is 5.75. The van der Waals surface area contributed by atoms with Crippen molar-refractivity contribution in [1.82, 2.24) is 9.88 Å². The lowest BCUT2D eigenvalue weighted by Crippen LogP contribution is -2.48. The number of ether oxygens (including phenoxy) is 1. The van der Waals surface area contributed by atoms with Crippen LogP contribution in [-0.2, 0) is 0 Å². The summed E-state index contributed by atoms with van der Waals surface area (Å²) in [5.74, 6) is 0.762. The highest BCUT2D eigenvalue weighted by molar-refractivity contribution is 5.46. The molecule has 1 aliphatic rings. The molecule has 2 heterocycles. The van der Waals surface area contributed by atoms with Gasteiger partial charge in [0, 0.05) is 12.1 Å². The van der Waals surface area contributed by atoms with Gasteiger partial charge in [0.2, 0.25) is 0 Å². The van der Waals surface area contributed by atoms with Crippen molar-refractivity contribution in [3.63, 3.8) is 0 Å². The predicted octanol–water partition coefficient (Wildman–Crippen LogP) is 1.06. The minimum absolute atomic E-state index is 0.549. The summed E-state index contributed by atoms with van der Waals surface area (Å²) in [7, 11) is 2.11. The van der Waals surface area contributed by atoms with Gasteiger partial charge in [-0.05, 0) is 26.9 Å². The number of nitrogens with two attached hydrogens (primary N) is 1. The lowest BCUT2D eigenvalue weighted by Gasteiger charge is -2.37. The summed E-state index contributed by atoms with van der Waals surface area (Å²) in [6, 6.07) is 2.38. The van der Waals surface area contributed by atoms with Crippen LogP contribution in [0.1, 0.15) is 12.1 Å². The van der Waals surface area contributed by atoms with Gasteiger partial charge in [0.05, 0.1) is 17.6 Å². The molecule has 1 aliphatic heterocycles. The fourth-order valence-corrected chi connectivity index (χ4v) is 1.58. The smallest absolute Gasteiger partial charge is 0.139 e. The number of hydrogen-bond donors (Lipinski definition) is 1. The number of hydrogen-bond acceptors (Lipinski definition) is 4. The van der Waals surface area contributed by atoms with Crippen molar-refractivity contribution < 1.29 is 4.74 Å². The molecule has 0 saturated carbocycles. The van der Waals surface area contributed by atoms with Crippen molar-refractivity contribution in [1.29, 1.82) is 0 Å². The van der Waals surface area contributed by atoms with Gasteiger partial charge in [-0.25, -0.2) is 0 Å². The molecule has 0 aromatic carbocycles. The molecule has 15 heavy (non-hydrogen) atoms. The van der Waals surface area contributed by atoms with Crippen LogP contribution in [-0.4, -0.2) is 36.1 Å². The first-order chi connectivity index (χ1) is 7.16. The Labute approximate surface area is 90.0 Å². The minimum Gasteiger partial charge on any atom is -0.490 e. The van der Waals surface area contributed by atoms with Gasteiger partial charge in [-0.2, -0.15) is 0 Å². The Morgan fingerprint density at radius 3 is 3.00 bits per heavy atom. The molecule has 0 radical (unpaired) electrons. The van der Waals surface area contributed by atoms with Gasteiger partial charge >= 0.3 is 0 Å². The molecule has 4 nitrogen and oxygen atoms in total. The number of likely N-dealkylation sites (N-methyl/N-ethyl adjacent to an activating group) is 1. The number of pyridine rings is 1. The first-order valence-corrected chi connectivity index (χ1v) is 5.22. The third kappa shape index (κ3) is 2.21. The van der Waals surface area contributed by atoms with Crippen molar-refractivity contribution in [2.24, 2.45) is 0 Å². The van der Waals surface area contributed by atoms with Crippen LogP contribution in [0.15, 0.2) is 12.3 Å². The average molecular weight is 207 g/mol. The van der Waals surface area contributed by atoms with E-state index in [9.17, 15) is 0 Å². The van der Waals surface area contributed by atoms with Gasteiger partial charge in [0.15, 0.2) is 0 Å². The molecular weight excluding hydrogens is 190 g/mol. The summed E-state index contributed by atoms with van der Waals surface area (Å²) in [5, 5.41) is 0. The number of likely N-dealkylation sites (tertiary alicyclic amines) is 1. The summed E-state index contributed by atoms with van der Waals surface area (Å²) in [5.41, 5.74) is 7.29. The van der Waals surface area contributed by atoms with Crippen LogP contribution in [0.2, 0.25) is 0 Å². The van der Waals surface area contributed by atoms with Crippen LogP contribution in [0, 0.1) is 6.92 Å². The van der Waals surface area contributed by atoms with Crippen molar-refractivity contribution >= 4 is 5.69 Å². The number of rotatable bonds is 3. The first kappa shape index (κ1) is 10.2. The summed E-state index contributed by atoms with van der Waals surface area (Å²) in [6.07, 6.45) is 2.94. The van der Waals surface area contributed by atoms with Crippen LogP contribution < -0.4 is 10.5 Å². The van der Waals surface area contributed by atoms with Crippen LogP contribution in [0.4, 0.5) is 5.69 Å². The minimum atomic E-state index is 0.549. The van der Waals surface area contributed by atoms with Gasteiger partial charge < -0.3 is 10.5 Å². The Balaban J connectivity index is 1.90. The third-order valence-electron chi connectivity index (χ3n) is 2.98. The van der Waals surface area contributed by atoms with Crippen LogP contribution in [0.5, 0.6) is 5.75 Å². The van der Waals surface area contributed by atoms with E-state index in [1.807, 2.05) is 13.0 Å². The van der Waals surface area contributed by atoms with Crippen LogP contribution >= 0.6 is 0 Å². The molecule has 1 atom stereocenters. The molecule has 0 bridgehead atoms. The van der Waals surface area contributed by atoms with E-state index in [4.69, 9.17) is 10.5 Å². The van der Waals surface area contributed by atoms with Crippen molar-refractivity contribution in [2.45, 2.75) is 19.4 Å². The first-order valence-electron chi connectivity index (χ1n) is 5.22. The normalized spacial score (nSPS) is 21.1. The largest absolute Gasteiger partial charge is 0.490 e. The standard InChI is InChI=1S/C11H17N3O/c1-8-11(12)5-10(6-13-8)15-7-9-3-4-14(9)2/h5-6,9H,3-4,7,12H2,1-2H3/t9-/m1/s1. The highest BCUT2D eigenvalue weighted by Gasteiger charge is 2.24. The van der Waals surface area contributed by atoms with Crippen LogP contribution in [0.25, 0.3) is 0 Å². The zero-order valence-corrected chi connectivity index (χ0v) is 9.23. The molecule has 82 valence electrons. The zero-order valence-electron chi connectivity index (χ0n) is 9.23. The predicted molar refractivity (Wildman–Crippen MR) is 59.9 cm³/mol. The molecule has 1 fully saturated rings. The van der Waals surface area contributed by atoms with Gasteiger partial charge in [-0.15, -0.1) is 0 Å². The lowest BCUT2D eigenvalue weighted by atomic mass is 10.1. The quantitative estimate of drug-likeness (QED) is 0.805. The van der Waals surface area contributed by atoms with Gasteiger partial charge in [0.1, 0.15) is 12.4 Å². The van der Waals surface area contributed by atoms with Gasteiger partial charge in [0.25, 0.3) is 0 Å². The molecule has 0 unspecified atom stereocenters. The van der Waals surface area contributed by atoms with Crippen molar-refractivity contribution in [3.8, 4) is 5.75 Å². The van der Waals surface area contributed by atoms with E-state index in [-0.39, 0.29) is 0 Å². The average Bonchev–Trinajstić information content (AvgIpc) is 2.21. The van der Waals surface area contributed by atoms with Crippen LogP contribution in [0.3, 0.4) is 0 Å². The molecule has 4 heteroatoms. The lowest BCUT2D eigenvalue weighted by molar-refractivity contribution is 0.0768. The second-order valence-corrected chi connectivity index (χ2v) is 4.08. The molecule has 1 aromatic heterocycles. The number of nitrogen functional groups attached to an aromatic ring is 1. The number of nitrogens with zero attached hydrogens (tertiary/aromatic N) is 2. The fraction of sp³-hybridized carbons (Fsp3) is 0.545. The number of anilines is 1. The highest BCUT2D eigenvalue weighted by Crippen LogP contribution is 2.19. The fourth-order valence-electron chi connectivity index (χ4n) is 1.58. The van der Waals surface area contributed by atoms with Gasteiger partial charge in [-0.1, -0.05) is 0 Å². The van der Waals surface area contributed by atoms with E-state index < -0.39 is 0 Å². The van der Waals surface area contributed by atoms with Crippen molar-refractivity contribution in [3.05, 3.63) is 18.0 Å². The SMILES string of the molecule is Cc1ncc(OC[C@H]2CCN2C)cc1N. The Kier molecular flexibility index (Phi) is 2.77. The zero-order chi connectivity index (χ0) is 10.8. The molecule has 2 N–H and O–H groups in total. The molecule has 1 saturated heterocycles. The molecular formula is C11H17N3O. The van der Waals surface area contributed by atoms with E-state index >= 15 is 0 Å². The van der Waals surface area contributed by atoms with E-state index in [0.29, 0.717) is 11.7 Å². The molecule has 0 spiro atoms. The Morgan fingerprint density at radius 1 is 1.67 bits per heavy atom.